The number of aliphatic imine (C=N–C) groups is 1. The minimum absolute atomic E-state index is 0. The molecule has 132 valence electrons. The summed E-state index contributed by atoms with van der Waals surface area (Å²) in [6.07, 6.45) is -4.32. The van der Waals surface area contributed by atoms with Crippen LogP contribution in [0.5, 0.6) is 0 Å². The highest BCUT2D eigenvalue weighted by atomic mass is 127. The van der Waals surface area contributed by atoms with E-state index in [2.05, 4.69) is 27.4 Å². The van der Waals surface area contributed by atoms with Gasteiger partial charge in [-0.3, -0.25) is 4.99 Å². The van der Waals surface area contributed by atoms with Crippen LogP contribution in [-0.4, -0.2) is 44.6 Å². The van der Waals surface area contributed by atoms with Crippen LogP contribution in [0, 0.1) is 0 Å². The van der Waals surface area contributed by atoms with Gasteiger partial charge < -0.3 is 15.5 Å². The zero-order valence-electron chi connectivity index (χ0n) is 13.6. The monoisotopic (exact) mass is 444 g/mol. The van der Waals surface area contributed by atoms with Crippen LogP contribution in [0.3, 0.4) is 0 Å². The third kappa shape index (κ3) is 8.40. The summed E-state index contributed by atoms with van der Waals surface area (Å²) >= 11 is 0. The van der Waals surface area contributed by atoms with Crippen molar-refractivity contribution in [1.82, 2.24) is 15.5 Å². The summed E-state index contributed by atoms with van der Waals surface area (Å²) in [5.41, 5.74) is -0.0808. The van der Waals surface area contributed by atoms with E-state index in [-0.39, 0.29) is 30.5 Å². The number of benzene rings is 1. The number of nitrogens with zero attached hydrogens (tertiary/aromatic N) is 2. The number of hydrogen-bond donors (Lipinski definition) is 2. The van der Waals surface area contributed by atoms with Gasteiger partial charge in [0.05, 0.1) is 5.56 Å². The molecule has 1 aromatic carbocycles. The Hall–Kier alpha value is -1.03. The lowest BCUT2D eigenvalue weighted by atomic mass is 10.1. The van der Waals surface area contributed by atoms with Crippen molar-refractivity contribution >= 4 is 29.9 Å². The minimum Gasteiger partial charge on any atom is -0.355 e. The standard InChI is InChI=1S/C15H23F3N4.HI/c1-4-22(3)9-8-20-14(19-2)21-11-12-6-5-7-13(10-12)15(16,17)18;/h5-7,10H,4,8-9,11H2,1-3H3,(H2,19,20,21);1H. The highest BCUT2D eigenvalue weighted by molar-refractivity contribution is 14.0. The smallest absolute Gasteiger partial charge is 0.355 e. The van der Waals surface area contributed by atoms with E-state index in [1.54, 1.807) is 13.1 Å². The van der Waals surface area contributed by atoms with Gasteiger partial charge in [0.2, 0.25) is 0 Å². The third-order valence-electron chi connectivity index (χ3n) is 3.26. The van der Waals surface area contributed by atoms with Crippen molar-refractivity contribution in [1.29, 1.82) is 0 Å². The lowest BCUT2D eigenvalue weighted by Gasteiger charge is -2.16. The first kappa shape index (κ1) is 22.0. The van der Waals surface area contributed by atoms with Crippen molar-refractivity contribution in [2.24, 2.45) is 4.99 Å². The molecule has 0 aliphatic carbocycles. The normalized spacial score (nSPS) is 12.0. The second kappa shape index (κ2) is 10.7. The molecule has 0 aromatic heterocycles. The molecule has 0 atom stereocenters. The Labute approximate surface area is 152 Å². The molecule has 0 heterocycles. The molecule has 1 aromatic rings. The molecule has 0 spiro atoms. The van der Waals surface area contributed by atoms with Crippen LogP contribution >= 0.6 is 24.0 Å². The van der Waals surface area contributed by atoms with Crippen molar-refractivity contribution in [3.8, 4) is 0 Å². The molecule has 0 saturated carbocycles. The molecule has 0 aliphatic rings. The maximum absolute atomic E-state index is 12.6. The highest BCUT2D eigenvalue weighted by Gasteiger charge is 2.30. The molecule has 23 heavy (non-hydrogen) atoms. The SMILES string of the molecule is CCN(C)CCNC(=NC)NCc1cccc(C(F)(F)F)c1.I. The Kier molecular flexibility index (Phi) is 10.2. The fourth-order valence-electron chi connectivity index (χ4n) is 1.79. The van der Waals surface area contributed by atoms with Gasteiger partial charge in [-0.2, -0.15) is 13.2 Å². The summed E-state index contributed by atoms with van der Waals surface area (Å²) in [5, 5.41) is 6.13. The number of guanidine groups is 1. The summed E-state index contributed by atoms with van der Waals surface area (Å²) in [5.74, 6) is 0.571. The van der Waals surface area contributed by atoms with Crippen LogP contribution in [0.25, 0.3) is 0 Å². The molecule has 0 aliphatic heterocycles. The third-order valence-corrected chi connectivity index (χ3v) is 3.26. The Morgan fingerprint density at radius 3 is 2.52 bits per heavy atom. The summed E-state index contributed by atoms with van der Waals surface area (Å²) in [4.78, 5) is 6.20. The predicted molar refractivity (Wildman–Crippen MR) is 98.2 cm³/mol. The zero-order chi connectivity index (χ0) is 16.6. The Bertz CT molecular complexity index is 492. The van der Waals surface area contributed by atoms with Crippen molar-refractivity contribution in [3.05, 3.63) is 35.4 Å². The van der Waals surface area contributed by atoms with Crippen molar-refractivity contribution in [2.75, 3.05) is 33.7 Å². The average molecular weight is 444 g/mol. The quantitative estimate of drug-likeness (QED) is 0.403. The number of halogens is 4. The van der Waals surface area contributed by atoms with Crippen molar-refractivity contribution < 1.29 is 13.2 Å². The van der Waals surface area contributed by atoms with Gasteiger partial charge in [0.25, 0.3) is 0 Å². The van der Waals surface area contributed by atoms with E-state index in [4.69, 9.17) is 0 Å². The molecule has 0 unspecified atom stereocenters. The first-order valence-corrected chi connectivity index (χ1v) is 7.16. The first-order chi connectivity index (χ1) is 10.4. The summed E-state index contributed by atoms with van der Waals surface area (Å²) in [6, 6.07) is 5.27. The van der Waals surface area contributed by atoms with Crippen LogP contribution in [0.15, 0.2) is 29.3 Å². The molecule has 0 radical (unpaired) electrons. The van der Waals surface area contributed by atoms with Crippen molar-refractivity contribution in [3.63, 3.8) is 0 Å². The van der Waals surface area contributed by atoms with Gasteiger partial charge in [-0.05, 0) is 31.3 Å². The number of nitrogens with one attached hydrogen (secondary N) is 2. The van der Waals surface area contributed by atoms with Gasteiger partial charge in [0.15, 0.2) is 5.96 Å². The summed E-state index contributed by atoms with van der Waals surface area (Å²) in [7, 11) is 3.64. The van der Waals surface area contributed by atoms with Crippen LogP contribution in [-0.2, 0) is 12.7 Å². The number of rotatable bonds is 6. The van der Waals surface area contributed by atoms with Gasteiger partial charge >= 0.3 is 6.18 Å². The van der Waals surface area contributed by atoms with Gasteiger partial charge in [0, 0.05) is 26.7 Å². The maximum atomic E-state index is 12.6. The van der Waals surface area contributed by atoms with E-state index in [0.717, 1.165) is 25.2 Å². The topological polar surface area (TPSA) is 39.7 Å². The second-order valence-corrected chi connectivity index (χ2v) is 4.95. The Morgan fingerprint density at radius 1 is 1.26 bits per heavy atom. The highest BCUT2D eigenvalue weighted by Crippen LogP contribution is 2.29. The van der Waals surface area contributed by atoms with Gasteiger partial charge in [-0.1, -0.05) is 19.1 Å². The Morgan fingerprint density at radius 2 is 1.96 bits per heavy atom. The first-order valence-electron chi connectivity index (χ1n) is 7.16. The summed E-state index contributed by atoms with van der Waals surface area (Å²) < 4.78 is 37.9. The maximum Gasteiger partial charge on any atom is 0.416 e. The molecule has 2 N–H and O–H groups in total. The largest absolute Gasteiger partial charge is 0.416 e. The molecular weight excluding hydrogens is 420 g/mol. The lowest BCUT2D eigenvalue weighted by Crippen LogP contribution is -2.40. The zero-order valence-corrected chi connectivity index (χ0v) is 15.9. The average Bonchev–Trinajstić information content (AvgIpc) is 2.49. The minimum atomic E-state index is -4.32. The van der Waals surface area contributed by atoms with E-state index in [9.17, 15) is 13.2 Å². The fourth-order valence-corrected chi connectivity index (χ4v) is 1.79. The van der Waals surface area contributed by atoms with Crippen LogP contribution in [0.1, 0.15) is 18.1 Å². The predicted octanol–water partition coefficient (Wildman–Crippen LogP) is 2.94. The number of alkyl halides is 3. The van der Waals surface area contributed by atoms with Gasteiger partial charge in [0.1, 0.15) is 0 Å². The lowest BCUT2D eigenvalue weighted by molar-refractivity contribution is -0.137. The van der Waals surface area contributed by atoms with E-state index >= 15 is 0 Å². The molecule has 0 amide bonds. The fraction of sp³-hybridized carbons (Fsp3) is 0.533. The molecule has 8 heteroatoms. The van der Waals surface area contributed by atoms with E-state index in [1.165, 1.54) is 6.07 Å². The second-order valence-electron chi connectivity index (χ2n) is 4.95. The van der Waals surface area contributed by atoms with Crippen LogP contribution < -0.4 is 10.6 Å². The molecule has 4 nitrogen and oxygen atoms in total. The van der Waals surface area contributed by atoms with Crippen LogP contribution in [0.2, 0.25) is 0 Å². The molecule has 1 rings (SSSR count). The Balaban J connectivity index is 0.00000484. The molecular formula is C15H24F3IN4. The van der Waals surface area contributed by atoms with Crippen molar-refractivity contribution in [2.45, 2.75) is 19.6 Å². The van der Waals surface area contributed by atoms with E-state index in [1.807, 2.05) is 7.05 Å². The van der Waals surface area contributed by atoms with Gasteiger partial charge in [-0.25, -0.2) is 0 Å². The van der Waals surface area contributed by atoms with E-state index in [0.29, 0.717) is 18.1 Å². The van der Waals surface area contributed by atoms with E-state index < -0.39 is 11.7 Å². The molecule has 0 fully saturated rings. The molecule has 0 bridgehead atoms. The van der Waals surface area contributed by atoms with Crippen LogP contribution in [0.4, 0.5) is 13.2 Å². The molecule has 0 saturated heterocycles. The number of hydrogen-bond acceptors (Lipinski definition) is 2. The summed E-state index contributed by atoms with van der Waals surface area (Å²) in [6.45, 7) is 4.89. The number of likely N-dealkylation sites (N-methyl/N-ethyl adjacent to an activating group) is 1. The van der Waals surface area contributed by atoms with Gasteiger partial charge in [-0.15, -0.1) is 24.0 Å².